The summed E-state index contributed by atoms with van der Waals surface area (Å²) in [6.07, 6.45) is 3.56. The fourth-order valence-electron chi connectivity index (χ4n) is 3.59. The normalized spacial score (nSPS) is 17.5. The van der Waals surface area contributed by atoms with E-state index in [9.17, 15) is 4.79 Å². The Bertz CT molecular complexity index is 765. The minimum Gasteiger partial charge on any atom is -0.494 e. The zero-order valence-electron chi connectivity index (χ0n) is 16.5. The van der Waals surface area contributed by atoms with Crippen LogP contribution in [0, 0.1) is 0 Å². The first-order valence-electron chi connectivity index (χ1n) is 9.92. The summed E-state index contributed by atoms with van der Waals surface area (Å²) in [7, 11) is 0. The van der Waals surface area contributed by atoms with E-state index in [1.807, 2.05) is 48.5 Å². The fraction of sp³-hybridized carbons (Fsp3) is 0.435. The Morgan fingerprint density at radius 1 is 1.11 bits per heavy atom. The van der Waals surface area contributed by atoms with Crippen molar-refractivity contribution in [1.82, 2.24) is 5.32 Å². The Morgan fingerprint density at radius 3 is 2.48 bits per heavy atom. The molecule has 3 rings (SSSR count). The molecular weight excluding hydrogens is 338 g/mol. The molecule has 0 saturated heterocycles. The van der Waals surface area contributed by atoms with Crippen LogP contribution in [0.4, 0.5) is 0 Å². The first-order valence-corrected chi connectivity index (χ1v) is 9.92. The number of nitrogens with one attached hydrogen (secondary N) is 1. The number of rotatable bonds is 7. The maximum absolute atomic E-state index is 12.8. The molecule has 1 aliphatic rings. The molecule has 1 heterocycles. The van der Waals surface area contributed by atoms with Gasteiger partial charge in [-0.15, -0.1) is 0 Å². The minimum absolute atomic E-state index is 0.0571. The molecule has 0 fully saturated rings. The second kappa shape index (κ2) is 8.47. The Kier molecular flexibility index (Phi) is 6.04. The minimum atomic E-state index is -0.232. The fourth-order valence-corrected chi connectivity index (χ4v) is 3.59. The van der Waals surface area contributed by atoms with Gasteiger partial charge in [0.15, 0.2) is 0 Å². The van der Waals surface area contributed by atoms with Gasteiger partial charge in [-0.1, -0.05) is 39.0 Å². The summed E-state index contributed by atoms with van der Waals surface area (Å²) in [5.74, 6) is 1.60. The number of amides is 1. The molecule has 0 aromatic heterocycles. The number of para-hydroxylation sites is 1. The van der Waals surface area contributed by atoms with E-state index in [0.717, 1.165) is 42.7 Å². The molecule has 0 unspecified atom stereocenters. The first kappa shape index (κ1) is 19.3. The molecule has 144 valence electrons. The number of fused-ring (bicyclic) bond motifs is 1. The van der Waals surface area contributed by atoms with E-state index in [-0.39, 0.29) is 17.6 Å². The van der Waals surface area contributed by atoms with E-state index >= 15 is 0 Å². The highest BCUT2D eigenvalue weighted by Gasteiger charge is 2.38. The van der Waals surface area contributed by atoms with Crippen LogP contribution in [0.25, 0.3) is 0 Å². The molecule has 4 heteroatoms. The summed E-state index contributed by atoms with van der Waals surface area (Å²) in [6, 6.07) is 15.3. The molecule has 0 spiro atoms. The third-order valence-electron chi connectivity index (χ3n) is 5.38. The Morgan fingerprint density at radius 2 is 1.81 bits per heavy atom. The van der Waals surface area contributed by atoms with Crippen LogP contribution in [-0.4, -0.2) is 18.1 Å². The van der Waals surface area contributed by atoms with Gasteiger partial charge in [0.2, 0.25) is 0 Å². The highest BCUT2D eigenvalue weighted by Crippen LogP contribution is 2.42. The first-order chi connectivity index (χ1) is 13.1. The third kappa shape index (κ3) is 4.26. The predicted octanol–water partition coefficient (Wildman–Crippen LogP) is 5.29. The van der Waals surface area contributed by atoms with E-state index in [1.165, 1.54) is 0 Å². The topological polar surface area (TPSA) is 47.6 Å². The number of carbonyl (C=O) groups is 1. The molecule has 1 N–H and O–H groups in total. The zero-order valence-corrected chi connectivity index (χ0v) is 16.5. The van der Waals surface area contributed by atoms with Gasteiger partial charge in [-0.2, -0.15) is 0 Å². The van der Waals surface area contributed by atoms with Crippen LogP contribution in [0.15, 0.2) is 48.5 Å². The monoisotopic (exact) mass is 367 g/mol. The summed E-state index contributed by atoms with van der Waals surface area (Å²) in [5.41, 5.74) is 1.46. The highest BCUT2D eigenvalue weighted by atomic mass is 16.5. The largest absolute Gasteiger partial charge is 0.494 e. The van der Waals surface area contributed by atoms with Crippen molar-refractivity contribution < 1.29 is 14.3 Å². The average Bonchev–Trinajstić information content (AvgIpc) is 2.72. The van der Waals surface area contributed by atoms with Crippen molar-refractivity contribution in [3.05, 3.63) is 59.7 Å². The summed E-state index contributed by atoms with van der Waals surface area (Å²) in [5, 5.41) is 3.22. The summed E-state index contributed by atoms with van der Waals surface area (Å²) < 4.78 is 11.9. The summed E-state index contributed by atoms with van der Waals surface area (Å²) in [4.78, 5) is 12.8. The van der Waals surface area contributed by atoms with Crippen molar-refractivity contribution in [1.29, 1.82) is 0 Å². The lowest BCUT2D eigenvalue weighted by Crippen LogP contribution is -2.44. The predicted molar refractivity (Wildman–Crippen MR) is 107 cm³/mol. The molecule has 1 aliphatic heterocycles. The molecule has 0 radical (unpaired) electrons. The zero-order chi connectivity index (χ0) is 19.3. The van der Waals surface area contributed by atoms with Crippen molar-refractivity contribution in [3.63, 3.8) is 0 Å². The molecular formula is C23H29NO3. The second-order valence-corrected chi connectivity index (χ2v) is 7.13. The van der Waals surface area contributed by atoms with Crippen LogP contribution in [0.5, 0.6) is 11.5 Å². The van der Waals surface area contributed by atoms with Crippen LogP contribution in [-0.2, 0) is 0 Å². The van der Waals surface area contributed by atoms with Gasteiger partial charge in [-0.3, -0.25) is 4.79 Å². The summed E-state index contributed by atoms with van der Waals surface area (Å²) >= 11 is 0. The lowest BCUT2D eigenvalue weighted by molar-refractivity contribution is 0.0227. The number of hydrogen-bond donors (Lipinski definition) is 1. The number of ether oxygens (including phenoxy) is 2. The second-order valence-electron chi connectivity index (χ2n) is 7.13. The van der Waals surface area contributed by atoms with Crippen molar-refractivity contribution >= 4 is 5.91 Å². The van der Waals surface area contributed by atoms with Gasteiger partial charge in [0, 0.05) is 17.5 Å². The molecule has 2 aromatic rings. The molecule has 2 aromatic carbocycles. The Balaban J connectivity index is 1.78. The van der Waals surface area contributed by atoms with Crippen LogP contribution in [0.3, 0.4) is 0 Å². The molecule has 27 heavy (non-hydrogen) atoms. The van der Waals surface area contributed by atoms with Gasteiger partial charge >= 0.3 is 0 Å². The third-order valence-corrected chi connectivity index (χ3v) is 5.38. The summed E-state index contributed by atoms with van der Waals surface area (Å²) in [6.45, 7) is 7.04. The number of carbonyl (C=O) groups excluding carboxylic acids is 1. The van der Waals surface area contributed by atoms with Gasteiger partial charge in [0.05, 0.1) is 12.6 Å². The van der Waals surface area contributed by atoms with Crippen molar-refractivity contribution in [2.24, 2.45) is 0 Å². The maximum atomic E-state index is 12.8. The van der Waals surface area contributed by atoms with E-state index in [1.54, 1.807) is 0 Å². The molecule has 4 nitrogen and oxygen atoms in total. The maximum Gasteiger partial charge on any atom is 0.251 e. The molecule has 1 atom stereocenters. The molecule has 0 saturated carbocycles. The van der Waals surface area contributed by atoms with Crippen molar-refractivity contribution in [2.45, 2.75) is 58.1 Å². The van der Waals surface area contributed by atoms with Gasteiger partial charge < -0.3 is 14.8 Å². The van der Waals surface area contributed by atoms with E-state index in [0.29, 0.717) is 12.2 Å². The Hall–Kier alpha value is -2.49. The SMILES string of the molecule is CCCOc1ccc(C(=O)N[C@H]2CC(CC)(CC)Oc3ccccc32)cc1. The van der Waals surface area contributed by atoms with Crippen LogP contribution < -0.4 is 14.8 Å². The van der Waals surface area contributed by atoms with Gasteiger partial charge in [-0.25, -0.2) is 0 Å². The molecule has 0 bridgehead atoms. The van der Waals surface area contributed by atoms with Crippen LogP contribution in [0.1, 0.15) is 68.4 Å². The van der Waals surface area contributed by atoms with Gasteiger partial charge in [-0.05, 0) is 49.6 Å². The average molecular weight is 367 g/mol. The van der Waals surface area contributed by atoms with E-state index < -0.39 is 0 Å². The highest BCUT2D eigenvalue weighted by molar-refractivity contribution is 5.94. The lowest BCUT2D eigenvalue weighted by atomic mass is 9.83. The van der Waals surface area contributed by atoms with Crippen molar-refractivity contribution in [2.75, 3.05) is 6.61 Å². The molecule has 0 aliphatic carbocycles. The Labute approximate surface area is 161 Å². The van der Waals surface area contributed by atoms with Crippen molar-refractivity contribution in [3.8, 4) is 11.5 Å². The van der Waals surface area contributed by atoms with Crippen LogP contribution >= 0.6 is 0 Å². The van der Waals surface area contributed by atoms with E-state index in [4.69, 9.17) is 9.47 Å². The standard InChI is InChI=1S/C23H29NO3/c1-4-15-26-18-13-11-17(12-14-18)22(25)24-20-16-23(5-2,6-3)27-21-10-8-7-9-19(20)21/h7-14,20H,4-6,15-16H2,1-3H3,(H,24,25)/t20-/m0/s1. The quantitative estimate of drug-likeness (QED) is 0.723. The number of benzene rings is 2. The van der Waals surface area contributed by atoms with Gasteiger partial charge in [0.25, 0.3) is 5.91 Å². The number of hydrogen-bond acceptors (Lipinski definition) is 3. The lowest BCUT2D eigenvalue weighted by Gasteiger charge is -2.41. The smallest absolute Gasteiger partial charge is 0.251 e. The van der Waals surface area contributed by atoms with Gasteiger partial charge in [0.1, 0.15) is 17.1 Å². The van der Waals surface area contributed by atoms with Crippen LogP contribution in [0.2, 0.25) is 0 Å². The molecule has 1 amide bonds. The van der Waals surface area contributed by atoms with E-state index in [2.05, 4.69) is 26.1 Å².